The lowest BCUT2D eigenvalue weighted by atomic mass is 10.0. The zero-order valence-corrected chi connectivity index (χ0v) is 21.4. The molecular weight excluding hydrogens is 437 g/mol. The smallest absolute Gasteiger partial charge is 0.212 e. The number of pyridine rings is 1. The van der Waals surface area contributed by atoms with Crippen molar-refractivity contribution in [1.29, 1.82) is 0 Å². The minimum atomic E-state index is -0.428. The Morgan fingerprint density at radius 1 is 1.00 bits per heavy atom. The van der Waals surface area contributed by atoms with Gasteiger partial charge in [0.25, 0.3) is 0 Å². The second kappa shape index (κ2) is 15.8. The first-order valence-corrected chi connectivity index (χ1v) is 12.6. The standard InChI is InChI=1S/C21H30N2.C5H4FN.C4H6O/c1-4-6-17-8-10-18(11-9-17)19-12-14-21(15-13-19)23(3)16-20(22)7-5-2;6-5-3-1-2-4-7-5;5-3-4-1-2-4/h8-15,20H,4-7,16,22H2,1-3H3;1-4H;3-4H,1-2H2/t20-;;/m0../s1. The quantitative estimate of drug-likeness (QED) is 0.276. The van der Waals surface area contributed by atoms with Crippen molar-refractivity contribution in [2.75, 3.05) is 18.5 Å². The molecule has 5 heteroatoms. The fourth-order valence-corrected chi connectivity index (χ4v) is 3.55. The third kappa shape index (κ3) is 11.3. The van der Waals surface area contributed by atoms with E-state index in [-0.39, 0.29) is 6.04 Å². The van der Waals surface area contributed by atoms with Crippen molar-refractivity contribution >= 4 is 12.0 Å². The molecule has 1 aliphatic carbocycles. The van der Waals surface area contributed by atoms with Crippen LogP contribution >= 0.6 is 0 Å². The number of aryl methyl sites for hydroxylation is 1. The molecule has 4 rings (SSSR count). The van der Waals surface area contributed by atoms with E-state index in [4.69, 9.17) is 5.73 Å². The summed E-state index contributed by atoms with van der Waals surface area (Å²) in [5.41, 5.74) is 11.3. The molecule has 0 aliphatic heterocycles. The van der Waals surface area contributed by atoms with Gasteiger partial charge in [0.05, 0.1) is 0 Å². The number of hydrogen-bond acceptors (Lipinski definition) is 4. The Morgan fingerprint density at radius 3 is 2.03 bits per heavy atom. The van der Waals surface area contributed by atoms with Crippen LogP contribution < -0.4 is 10.6 Å². The van der Waals surface area contributed by atoms with E-state index < -0.39 is 5.95 Å². The summed E-state index contributed by atoms with van der Waals surface area (Å²) in [6.07, 6.45) is 9.29. The molecule has 0 saturated heterocycles. The molecule has 0 bridgehead atoms. The monoisotopic (exact) mass is 477 g/mol. The molecule has 3 aromatic rings. The van der Waals surface area contributed by atoms with Crippen molar-refractivity contribution in [2.45, 2.75) is 58.4 Å². The number of aromatic nitrogens is 1. The predicted molar refractivity (Wildman–Crippen MR) is 145 cm³/mol. The van der Waals surface area contributed by atoms with E-state index in [2.05, 4.69) is 79.3 Å². The summed E-state index contributed by atoms with van der Waals surface area (Å²) in [5, 5.41) is 0. The third-order valence-corrected chi connectivity index (χ3v) is 5.75. The molecule has 2 N–H and O–H groups in total. The zero-order valence-electron chi connectivity index (χ0n) is 21.4. The number of anilines is 1. The van der Waals surface area contributed by atoms with Gasteiger partial charge in [-0.2, -0.15) is 4.39 Å². The van der Waals surface area contributed by atoms with E-state index in [0.717, 1.165) is 44.9 Å². The first-order chi connectivity index (χ1) is 17.0. The Kier molecular flexibility index (Phi) is 12.7. The summed E-state index contributed by atoms with van der Waals surface area (Å²) in [6, 6.07) is 22.5. The zero-order chi connectivity index (χ0) is 25.5. The van der Waals surface area contributed by atoms with Gasteiger partial charge in [-0.05, 0) is 66.6 Å². The van der Waals surface area contributed by atoms with Crippen LogP contribution in [0.4, 0.5) is 10.1 Å². The maximum Gasteiger partial charge on any atom is 0.212 e. The van der Waals surface area contributed by atoms with Crippen LogP contribution in [-0.4, -0.2) is 30.9 Å². The van der Waals surface area contributed by atoms with Crippen LogP contribution in [0, 0.1) is 11.9 Å². The highest BCUT2D eigenvalue weighted by molar-refractivity contribution is 5.66. The average molecular weight is 478 g/mol. The van der Waals surface area contributed by atoms with Gasteiger partial charge in [0, 0.05) is 37.4 Å². The molecule has 0 spiro atoms. The van der Waals surface area contributed by atoms with Gasteiger partial charge in [-0.3, -0.25) is 0 Å². The van der Waals surface area contributed by atoms with Crippen LogP contribution in [0.2, 0.25) is 0 Å². The van der Waals surface area contributed by atoms with Gasteiger partial charge in [-0.1, -0.05) is 69.2 Å². The van der Waals surface area contributed by atoms with Crippen molar-refractivity contribution in [3.63, 3.8) is 0 Å². The van der Waals surface area contributed by atoms with Crippen LogP contribution in [-0.2, 0) is 11.2 Å². The first kappa shape index (κ1) is 28.2. The molecule has 0 unspecified atom stereocenters. The number of nitrogens with zero attached hydrogens (tertiary/aromatic N) is 2. The van der Waals surface area contributed by atoms with Gasteiger partial charge in [0.15, 0.2) is 0 Å². The molecule has 188 valence electrons. The van der Waals surface area contributed by atoms with Crippen molar-refractivity contribution in [2.24, 2.45) is 11.7 Å². The summed E-state index contributed by atoms with van der Waals surface area (Å²) in [4.78, 5) is 15.1. The van der Waals surface area contributed by atoms with Crippen LogP contribution in [0.25, 0.3) is 11.1 Å². The van der Waals surface area contributed by atoms with Crippen molar-refractivity contribution in [3.05, 3.63) is 84.4 Å². The average Bonchev–Trinajstić information content (AvgIpc) is 3.71. The van der Waals surface area contributed by atoms with E-state index in [1.165, 1.54) is 41.1 Å². The number of hydrogen-bond donors (Lipinski definition) is 1. The molecule has 1 aromatic heterocycles. The Balaban J connectivity index is 0.000000290. The highest BCUT2D eigenvalue weighted by Gasteiger charge is 2.18. The lowest BCUT2D eigenvalue weighted by Gasteiger charge is -2.23. The lowest BCUT2D eigenvalue weighted by molar-refractivity contribution is -0.108. The van der Waals surface area contributed by atoms with Gasteiger partial charge in [-0.25, -0.2) is 4.98 Å². The SMILES string of the molecule is CCCc1ccc(-c2ccc(N(C)C[C@@H](N)CCC)cc2)cc1.Fc1ccccn1.O=CC1CC1. The molecule has 0 radical (unpaired) electrons. The van der Waals surface area contributed by atoms with E-state index in [1.807, 2.05) is 0 Å². The molecule has 1 fully saturated rings. The van der Waals surface area contributed by atoms with Gasteiger partial charge < -0.3 is 15.4 Å². The molecule has 35 heavy (non-hydrogen) atoms. The Bertz CT molecular complexity index is 957. The number of rotatable bonds is 9. The second-order valence-corrected chi connectivity index (χ2v) is 9.05. The maximum absolute atomic E-state index is 11.8. The molecule has 4 nitrogen and oxygen atoms in total. The summed E-state index contributed by atoms with van der Waals surface area (Å²) in [6.45, 7) is 5.30. The van der Waals surface area contributed by atoms with Gasteiger partial charge in [0.2, 0.25) is 5.95 Å². The summed E-state index contributed by atoms with van der Waals surface area (Å²) in [5.74, 6) is 0.0255. The lowest BCUT2D eigenvalue weighted by Crippen LogP contribution is -2.35. The highest BCUT2D eigenvalue weighted by Crippen LogP contribution is 2.25. The maximum atomic E-state index is 11.8. The van der Waals surface area contributed by atoms with Crippen molar-refractivity contribution in [1.82, 2.24) is 4.98 Å². The number of aldehydes is 1. The highest BCUT2D eigenvalue weighted by atomic mass is 19.1. The fraction of sp³-hybridized carbons (Fsp3) is 0.400. The number of nitrogens with two attached hydrogens (primary N) is 1. The number of halogens is 1. The molecule has 1 saturated carbocycles. The van der Waals surface area contributed by atoms with E-state index in [9.17, 15) is 9.18 Å². The summed E-state index contributed by atoms with van der Waals surface area (Å²) >= 11 is 0. The predicted octanol–water partition coefficient (Wildman–Crippen LogP) is 6.69. The Hall–Kier alpha value is -3.05. The Labute approximate surface area is 210 Å². The molecule has 1 heterocycles. The van der Waals surface area contributed by atoms with E-state index >= 15 is 0 Å². The van der Waals surface area contributed by atoms with Crippen molar-refractivity contribution in [3.8, 4) is 11.1 Å². The number of carbonyl (C=O) groups is 1. The van der Waals surface area contributed by atoms with Gasteiger partial charge in [0.1, 0.15) is 6.29 Å². The largest absolute Gasteiger partial charge is 0.373 e. The number of benzene rings is 2. The second-order valence-electron chi connectivity index (χ2n) is 9.05. The van der Waals surface area contributed by atoms with Crippen LogP contribution in [0.15, 0.2) is 72.9 Å². The minimum absolute atomic E-state index is 0.246. The van der Waals surface area contributed by atoms with Gasteiger partial charge >= 0.3 is 0 Å². The Morgan fingerprint density at radius 2 is 1.63 bits per heavy atom. The van der Waals surface area contributed by atoms with E-state index in [1.54, 1.807) is 12.1 Å². The van der Waals surface area contributed by atoms with Crippen LogP contribution in [0.3, 0.4) is 0 Å². The number of carbonyl (C=O) groups excluding carboxylic acids is 1. The molecule has 0 amide bonds. The van der Waals surface area contributed by atoms with Gasteiger partial charge in [-0.15, -0.1) is 0 Å². The fourth-order valence-electron chi connectivity index (χ4n) is 3.55. The van der Waals surface area contributed by atoms with Crippen LogP contribution in [0.5, 0.6) is 0 Å². The third-order valence-electron chi connectivity index (χ3n) is 5.75. The first-order valence-electron chi connectivity index (χ1n) is 12.6. The minimum Gasteiger partial charge on any atom is -0.373 e. The topological polar surface area (TPSA) is 59.2 Å². The van der Waals surface area contributed by atoms with Crippen molar-refractivity contribution < 1.29 is 9.18 Å². The molecule has 2 aromatic carbocycles. The molecule has 1 aliphatic rings. The van der Waals surface area contributed by atoms with E-state index in [0.29, 0.717) is 5.92 Å². The number of likely N-dealkylation sites (N-methyl/N-ethyl adjacent to an activating group) is 1. The summed E-state index contributed by atoms with van der Waals surface area (Å²) < 4.78 is 11.8. The molecule has 1 atom stereocenters. The summed E-state index contributed by atoms with van der Waals surface area (Å²) in [7, 11) is 2.12. The van der Waals surface area contributed by atoms with Crippen LogP contribution in [0.1, 0.15) is 51.5 Å². The molecular formula is C30H40FN3O. The normalized spacial score (nSPS) is 12.9.